The van der Waals surface area contributed by atoms with E-state index in [4.69, 9.17) is 14.5 Å². The van der Waals surface area contributed by atoms with Crippen LogP contribution < -0.4 is 14.4 Å². The standard InChI is InChI=1S/C23H28N2O3/c1-16-8-9-17(2)19(13-16)25(23-7-5-6-12-24-23)15-20(26)18-10-11-21(27-3)22(14-18)28-4/h8-11,13-14H,5-7,12,15H2,1-4H3. The van der Waals surface area contributed by atoms with E-state index in [9.17, 15) is 4.79 Å². The van der Waals surface area contributed by atoms with Crippen LogP contribution in [0.1, 0.15) is 40.7 Å². The van der Waals surface area contributed by atoms with Gasteiger partial charge in [0.25, 0.3) is 0 Å². The van der Waals surface area contributed by atoms with Crippen molar-refractivity contribution in [1.29, 1.82) is 0 Å². The molecule has 5 nitrogen and oxygen atoms in total. The number of benzene rings is 2. The molecule has 0 radical (unpaired) electrons. The zero-order valence-corrected chi connectivity index (χ0v) is 17.1. The molecule has 2 aromatic rings. The zero-order valence-electron chi connectivity index (χ0n) is 17.1. The zero-order chi connectivity index (χ0) is 20.1. The van der Waals surface area contributed by atoms with Gasteiger partial charge in [0, 0.05) is 24.2 Å². The first-order valence-electron chi connectivity index (χ1n) is 9.67. The van der Waals surface area contributed by atoms with Crippen molar-refractivity contribution in [2.75, 3.05) is 32.2 Å². The molecule has 0 bridgehead atoms. The number of hydrogen-bond acceptors (Lipinski definition) is 5. The highest BCUT2D eigenvalue weighted by atomic mass is 16.5. The number of carbonyl (C=O) groups excluding carboxylic acids is 1. The molecule has 1 heterocycles. The van der Waals surface area contributed by atoms with Gasteiger partial charge in [-0.2, -0.15) is 0 Å². The predicted octanol–water partition coefficient (Wildman–Crippen LogP) is 4.59. The number of hydrogen-bond donors (Lipinski definition) is 0. The summed E-state index contributed by atoms with van der Waals surface area (Å²) >= 11 is 0. The van der Waals surface area contributed by atoms with Gasteiger partial charge in [-0.3, -0.25) is 9.79 Å². The Labute approximate surface area is 167 Å². The fourth-order valence-corrected chi connectivity index (χ4v) is 3.47. The fourth-order valence-electron chi connectivity index (χ4n) is 3.47. The Balaban J connectivity index is 1.94. The van der Waals surface area contributed by atoms with Crippen molar-refractivity contribution in [3.63, 3.8) is 0 Å². The molecule has 0 spiro atoms. The number of ketones is 1. The van der Waals surface area contributed by atoms with Crippen LogP contribution in [0.2, 0.25) is 0 Å². The molecule has 0 aromatic heterocycles. The first-order chi connectivity index (χ1) is 13.5. The monoisotopic (exact) mass is 380 g/mol. The van der Waals surface area contributed by atoms with E-state index in [1.165, 1.54) is 5.56 Å². The van der Waals surface area contributed by atoms with Crippen LogP contribution in [0.15, 0.2) is 41.4 Å². The number of amidine groups is 1. The number of ether oxygens (including phenoxy) is 2. The molecule has 2 aromatic carbocycles. The van der Waals surface area contributed by atoms with E-state index in [-0.39, 0.29) is 12.3 Å². The Morgan fingerprint density at radius 2 is 1.82 bits per heavy atom. The number of carbonyl (C=O) groups is 1. The van der Waals surface area contributed by atoms with E-state index < -0.39 is 0 Å². The number of aliphatic imine (C=N–C) groups is 1. The normalized spacial score (nSPS) is 13.6. The van der Waals surface area contributed by atoms with Crippen LogP contribution in [0.3, 0.4) is 0 Å². The lowest BCUT2D eigenvalue weighted by atomic mass is 10.0. The number of anilines is 1. The molecule has 0 saturated heterocycles. The predicted molar refractivity (Wildman–Crippen MR) is 113 cm³/mol. The van der Waals surface area contributed by atoms with Crippen LogP contribution in [0.4, 0.5) is 5.69 Å². The Kier molecular flexibility index (Phi) is 6.34. The number of aryl methyl sites for hydroxylation is 2. The van der Waals surface area contributed by atoms with Gasteiger partial charge in [0.2, 0.25) is 0 Å². The molecule has 0 fully saturated rings. The van der Waals surface area contributed by atoms with Crippen molar-refractivity contribution in [2.24, 2.45) is 4.99 Å². The molecule has 28 heavy (non-hydrogen) atoms. The van der Waals surface area contributed by atoms with Gasteiger partial charge < -0.3 is 14.4 Å². The molecular weight excluding hydrogens is 352 g/mol. The lowest BCUT2D eigenvalue weighted by Gasteiger charge is -2.29. The summed E-state index contributed by atoms with van der Waals surface area (Å²) in [5.41, 5.74) is 3.96. The lowest BCUT2D eigenvalue weighted by Crippen LogP contribution is -2.37. The van der Waals surface area contributed by atoms with Crippen LogP contribution in [0.5, 0.6) is 11.5 Å². The third-order valence-corrected chi connectivity index (χ3v) is 5.08. The van der Waals surface area contributed by atoms with Crippen molar-refractivity contribution in [3.05, 3.63) is 53.1 Å². The highest BCUT2D eigenvalue weighted by Gasteiger charge is 2.22. The number of rotatable bonds is 6. The molecule has 1 aliphatic heterocycles. The number of Topliss-reactive ketones (excluding diaryl/α,β-unsaturated/α-hetero) is 1. The molecule has 148 valence electrons. The van der Waals surface area contributed by atoms with Crippen LogP contribution in [0, 0.1) is 13.8 Å². The van der Waals surface area contributed by atoms with Crippen molar-refractivity contribution in [1.82, 2.24) is 0 Å². The van der Waals surface area contributed by atoms with Crippen LogP contribution in [-0.4, -0.2) is 38.9 Å². The summed E-state index contributed by atoms with van der Waals surface area (Å²) in [4.78, 5) is 20.0. The lowest BCUT2D eigenvalue weighted by molar-refractivity contribution is 0.100. The molecule has 5 heteroatoms. The SMILES string of the molecule is COc1ccc(C(=O)CN(C2=NCCCC2)c2cc(C)ccc2C)cc1OC. The molecule has 0 unspecified atom stereocenters. The summed E-state index contributed by atoms with van der Waals surface area (Å²) < 4.78 is 10.6. The summed E-state index contributed by atoms with van der Waals surface area (Å²) in [6, 6.07) is 11.6. The summed E-state index contributed by atoms with van der Waals surface area (Å²) in [5, 5.41) is 0. The van der Waals surface area contributed by atoms with Gasteiger partial charge in [-0.25, -0.2) is 0 Å². The van der Waals surface area contributed by atoms with Crippen molar-refractivity contribution < 1.29 is 14.3 Å². The molecule has 0 atom stereocenters. The van der Waals surface area contributed by atoms with Gasteiger partial charge in [0.15, 0.2) is 17.3 Å². The quantitative estimate of drug-likeness (QED) is 0.688. The molecule has 0 aliphatic carbocycles. The second kappa shape index (κ2) is 8.91. The van der Waals surface area contributed by atoms with Crippen LogP contribution in [0.25, 0.3) is 0 Å². The van der Waals surface area contributed by atoms with Gasteiger partial charge >= 0.3 is 0 Å². The Hall–Kier alpha value is -2.82. The third kappa shape index (κ3) is 4.35. The average Bonchev–Trinajstić information content (AvgIpc) is 2.73. The van der Waals surface area contributed by atoms with E-state index in [1.54, 1.807) is 32.4 Å². The minimum atomic E-state index is 0.0233. The van der Waals surface area contributed by atoms with Gasteiger partial charge in [-0.05, 0) is 62.1 Å². The Morgan fingerprint density at radius 1 is 1.04 bits per heavy atom. The summed E-state index contributed by atoms with van der Waals surface area (Å²) in [7, 11) is 3.16. The minimum absolute atomic E-state index is 0.0233. The van der Waals surface area contributed by atoms with Crippen molar-refractivity contribution in [3.8, 4) is 11.5 Å². The van der Waals surface area contributed by atoms with E-state index in [0.29, 0.717) is 17.1 Å². The van der Waals surface area contributed by atoms with Crippen LogP contribution in [-0.2, 0) is 0 Å². The van der Waals surface area contributed by atoms with E-state index in [0.717, 1.165) is 42.9 Å². The Bertz CT molecular complexity index is 889. The molecule has 0 N–H and O–H groups in total. The van der Waals surface area contributed by atoms with Crippen LogP contribution >= 0.6 is 0 Å². The summed E-state index contributed by atoms with van der Waals surface area (Å²) in [5.74, 6) is 2.19. The maximum Gasteiger partial charge on any atom is 0.182 e. The molecule has 0 amide bonds. The number of methoxy groups -OCH3 is 2. The largest absolute Gasteiger partial charge is 0.493 e. The molecule has 3 rings (SSSR count). The van der Waals surface area contributed by atoms with Crippen molar-refractivity contribution in [2.45, 2.75) is 33.1 Å². The smallest absolute Gasteiger partial charge is 0.182 e. The minimum Gasteiger partial charge on any atom is -0.493 e. The number of nitrogens with zero attached hydrogens (tertiary/aromatic N) is 2. The third-order valence-electron chi connectivity index (χ3n) is 5.08. The average molecular weight is 380 g/mol. The summed E-state index contributed by atoms with van der Waals surface area (Å²) in [6.07, 6.45) is 3.10. The van der Waals surface area contributed by atoms with Gasteiger partial charge in [-0.15, -0.1) is 0 Å². The maximum atomic E-state index is 13.1. The summed E-state index contributed by atoms with van der Waals surface area (Å²) in [6.45, 7) is 5.21. The van der Waals surface area contributed by atoms with Crippen molar-refractivity contribution >= 4 is 17.3 Å². The highest BCUT2D eigenvalue weighted by molar-refractivity contribution is 6.07. The molecule has 0 saturated carbocycles. The van der Waals surface area contributed by atoms with Gasteiger partial charge in [0.05, 0.1) is 20.8 Å². The highest BCUT2D eigenvalue weighted by Crippen LogP contribution is 2.29. The first kappa shape index (κ1) is 19.9. The van der Waals surface area contributed by atoms with Gasteiger partial charge in [-0.1, -0.05) is 12.1 Å². The second-order valence-electron chi connectivity index (χ2n) is 7.12. The topological polar surface area (TPSA) is 51.1 Å². The van der Waals surface area contributed by atoms with Gasteiger partial charge in [0.1, 0.15) is 5.84 Å². The maximum absolute atomic E-state index is 13.1. The Morgan fingerprint density at radius 3 is 2.50 bits per heavy atom. The van der Waals surface area contributed by atoms with E-state index in [1.807, 2.05) is 0 Å². The second-order valence-corrected chi connectivity index (χ2v) is 7.12. The van der Waals surface area contributed by atoms with E-state index >= 15 is 0 Å². The first-order valence-corrected chi connectivity index (χ1v) is 9.67. The molecular formula is C23H28N2O3. The fraction of sp³-hybridized carbons (Fsp3) is 0.391. The molecule has 1 aliphatic rings. The van der Waals surface area contributed by atoms with E-state index in [2.05, 4.69) is 36.9 Å².